The van der Waals surface area contributed by atoms with E-state index in [1.165, 1.54) is 36.5 Å². The molecule has 27 heavy (non-hydrogen) atoms. The molecule has 0 saturated heterocycles. The number of nitro groups is 1. The molecule has 1 saturated carbocycles. The minimum atomic E-state index is -4.03. The molecule has 8 nitrogen and oxygen atoms in total. The van der Waals surface area contributed by atoms with Crippen LogP contribution in [-0.4, -0.2) is 29.0 Å². The lowest BCUT2D eigenvalue weighted by atomic mass is 10.1. The van der Waals surface area contributed by atoms with E-state index in [-0.39, 0.29) is 23.4 Å². The molecule has 1 aliphatic rings. The van der Waals surface area contributed by atoms with Crippen molar-refractivity contribution in [1.29, 1.82) is 0 Å². The number of hydrogen-bond acceptors (Lipinski definition) is 6. The van der Waals surface area contributed by atoms with Gasteiger partial charge in [-0.1, -0.05) is 24.4 Å². The Kier molecular flexibility index (Phi) is 5.16. The van der Waals surface area contributed by atoms with Gasteiger partial charge in [-0.2, -0.15) is 0 Å². The zero-order chi connectivity index (χ0) is 19.7. The zero-order valence-electron chi connectivity index (χ0n) is 14.1. The molecule has 2 aromatic rings. The number of amides is 1. The van der Waals surface area contributed by atoms with Gasteiger partial charge in [0.1, 0.15) is 11.9 Å². The number of rotatable bonds is 5. The van der Waals surface area contributed by atoms with Crippen LogP contribution in [0.3, 0.4) is 0 Å². The summed E-state index contributed by atoms with van der Waals surface area (Å²) < 4.78 is 24.9. The molecule has 0 atom stereocenters. The van der Waals surface area contributed by atoms with Crippen molar-refractivity contribution >= 4 is 38.7 Å². The van der Waals surface area contributed by atoms with Crippen LogP contribution in [0.5, 0.6) is 0 Å². The van der Waals surface area contributed by atoms with E-state index in [0.29, 0.717) is 17.9 Å². The van der Waals surface area contributed by atoms with Crippen LogP contribution in [-0.2, 0) is 14.6 Å². The summed E-state index contributed by atoms with van der Waals surface area (Å²) in [5.41, 5.74) is -0.486. The molecule has 0 unspecified atom stereocenters. The molecule has 0 aliphatic heterocycles. The molecule has 10 heteroatoms. The molecule has 0 bridgehead atoms. The monoisotopic (exact) mass is 409 g/mol. The van der Waals surface area contributed by atoms with Crippen LogP contribution >= 0.6 is 11.6 Å². The summed E-state index contributed by atoms with van der Waals surface area (Å²) in [6.45, 7) is 0. The fourth-order valence-electron chi connectivity index (χ4n) is 3.28. The third-order valence-electron chi connectivity index (χ3n) is 4.71. The van der Waals surface area contributed by atoms with E-state index in [4.69, 9.17) is 11.6 Å². The minimum absolute atomic E-state index is 0.00632. The van der Waals surface area contributed by atoms with Gasteiger partial charge in [-0.25, -0.2) is 8.42 Å². The van der Waals surface area contributed by atoms with Crippen molar-refractivity contribution in [3.63, 3.8) is 0 Å². The van der Waals surface area contributed by atoms with Gasteiger partial charge in [-0.3, -0.25) is 19.9 Å². The first-order chi connectivity index (χ1) is 12.8. The normalized spacial score (nSPS) is 16.0. The van der Waals surface area contributed by atoms with Gasteiger partial charge in [-0.15, -0.1) is 0 Å². The van der Waals surface area contributed by atoms with E-state index in [9.17, 15) is 23.3 Å². The van der Waals surface area contributed by atoms with E-state index in [2.05, 4.69) is 10.3 Å². The summed E-state index contributed by atoms with van der Waals surface area (Å²) in [7, 11) is -4.03. The maximum absolute atomic E-state index is 13.3. The molecule has 1 aliphatic carbocycles. The molecular formula is C17H16ClN3O5S. The topological polar surface area (TPSA) is 119 Å². The Morgan fingerprint density at radius 1 is 1.19 bits per heavy atom. The first kappa shape index (κ1) is 19.2. The van der Waals surface area contributed by atoms with Gasteiger partial charge in [0.25, 0.3) is 0 Å². The highest BCUT2D eigenvalue weighted by molar-refractivity contribution is 7.93. The van der Waals surface area contributed by atoms with Gasteiger partial charge in [0.2, 0.25) is 5.91 Å². The average Bonchev–Trinajstić information content (AvgIpc) is 3.14. The zero-order valence-corrected chi connectivity index (χ0v) is 15.7. The summed E-state index contributed by atoms with van der Waals surface area (Å²) in [5.74, 6) is -0.774. The van der Waals surface area contributed by atoms with Gasteiger partial charge < -0.3 is 5.32 Å². The maximum Gasteiger partial charge on any atom is 0.310 e. The van der Waals surface area contributed by atoms with Crippen molar-refractivity contribution in [3.05, 3.63) is 57.9 Å². The molecule has 1 fully saturated rings. The quantitative estimate of drug-likeness (QED) is 0.597. The highest BCUT2D eigenvalue weighted by Gasteiger charge is 2.53. The predicted octanol–water partition coefficient (Wildman–Crippen LogP) is 3.37. The molecular weight excluding hydrogens is 394 g/mol. The second kappa shape index (κ2) is 7.24. The van der Waals surface area contributed by atoms with Gasteiger partial charge in [0, 0.05) is 11.2 Å². The molecule has 1 aromatic heterocycles. The van der Waals surface area contributed by atoms with Crippen molar-refractivity contribution in [2.45, 2.75) is 35.3 Å². The van der Waals surface area contributed by atoms with E-state index in [1.807, 2.05) is 0 Å². The highest BCUT2D eigenvalue weighted by atomic mass is 35.5. The number of pyridine rings is 1. The summed E-state index contributed by atoms with van der Waals surface area (Å²) in [6, 6.07) is 6.89. The highest BCUT2D eigenvalue weighted by Crippen LogP contribution is 2.42. The fraction of sp³-hybridized carbons (Fsp3) is 0.294. The number of sulfone groups is 1. The Labute approximate surface area is 160 Å². The smallest absolute Gasteiger partial charge is 0.310 e. The largest absolute Gasteiger partial charge is 0.319 e. The SMILES string of the molecule is O=C(Nc1ccncc1[N+](=O)[O-])C1(S(=O)(=O)c2ccc(Cl)cc2)CCCC1. The van der Waals surface area contributed by atoms with Crippen LogP contribution in [0.4, 0.5) is 11.4 Å². The average molecular weight is 410 g/mol. The standard InChI is InChI=1S/C17H16ClN3O5S/c18-12-3-5-13(6-4-12)27(25,26)17(8-1-2-9-17)16(22)20-14-7-10-19-11-15(14)21(23)24/h3-7,10-11H,1-2,8-9H2,(H,19,20,22). The van der Waals surface area contributed by atoms with Crippen molar-refractivity contribution in [1.82, 2.24) is 4.98 Å². The van der Waals surface area contributed by atoms with E-state index in [0.717, 1.165) is 6.20 Å². The lowest BCUT2D eigenvalue weighted by molar-refractivity contribution is -0.384. The molecule has 1 aromatic carbocycles. The third-order valence-corrected chi connectivity index (χ3v) is 7.48. The lowest BCUT2D eigenvalue weighted by Gasteiger charge is -2.27. The third kappa shape index (κ3) is 3.40. The number of hydrogen-bond donors (Lipinski definition) is 1. The number of aromatic nitrogens is 1. The molecule has 1 amide bonds. The van der Waals surface area contributed by atoms with Gasteiger partial charge >= 0.3 is 5.69 Å². The molecule has 1 N–H and O–H groups in total. The number of anilines is 1. The fourth-order valence-corrected chi connectivity index (χ4v) is 5.47. The van der Waals surface area contributed by atoms with E-state index < -0.39 is 31.1 Å². The Morgan fingerprint density at radius 3 is 2.41 bits per heavy atom. The van der Waals surface area contributed by atoms with Crippen LogP contribution in [0.1, 0.15) is 25.7 Å². The number of benzene rings is 1. The first-order valence-electron chi connectivity index (χ1n) is 8.18. The van der Waals surface area contributed by atoms with E-state index >= 15 is 0 Å². The van der Waals surface area contributed by atoms with Crippen molar-refractivity contribution < 1.29 is 18.1 Å². The second-order valence-corrected chi connectivity index (χ2v) is 8.96. The number of nitrogens with zero attached hydrogens (tertiary/aromatic N) is 2. The Bertz CT molecular complexity index is 986. The van der Waals surface area contributed by atoms with E-state index in [1.54, 1.807) is 0 Å². The maximum atomic E-state index is 13.3. The van der Waals surface area contributed by atoms with Crippen LogP contribution in [0.25, 0.3) is 0 Å². The number of nitrogens with one attached hydrogen (secondary N) is 1. The summed E-state index contributed by atoms with van der Waals surface area (Å²) in [6.07, 6.45) is 3.71. The van der Waals surface area contributed by atoms with Crippen LogP contribution < -0.4 is 5.32 Å². The van der Waals surface area contributed by atoms with Gasteiger partial charge in [-0.05, 0) is 43.2 Å². The molecule has 1 heterocycles. The first-order valence-corrected chi connectivity index (χ1v) is 10.0. The number of carbonyl (C=O) groups excluding carboxylic acids is 1. The molecule has 3 rings (SSSR count). The number of carbonyl (C=O) groups is 1. The van der Waals surface area contributed by atoms with Gasteiger partial charge in [0.05, 0.1) is 9.82 Å². The summed E-state index contributed by atoms with van der Waals surface area (Å²) in [5, 5.41) is 14.0. The van der Waals surface area contributed by atoms with Crippen LogP contribution in [0.15, 0.2) is 47.6 Å². The predicted molar refractivity (Wildman–Crippen MR) is 99.4 cm³/mol. The van der Waals surface area contributed by atoms with Crippen molar-refractivity contribution in [3.8, 4) is 0 Å². The van der Waals surface area contributed by atoms with Crippen LogP contribution in [0, 0.1) is 10.1 Å². The molecule has 0 radical (unpaired) electrons. The Morgan fingerprint density at radius 2 is 1.81 bits per heavy atom. The minimum Gasteiger partial charge on any atom is -0.319 e. The van der Waals surface area contributed by atoms with Crippen molar-refractivity contribution in [2.24, 2.45) is 0 Å². The molecule has 0 spiro atoms. The van der Waals surface area contributed by atoms with Crippen LogP contribution in [0.2, 0.25) is 5.02 Å². The summed E-state index contributed by atoms with van der Waals surface area (Å²) >= 11 is 5.83. The van der Waals surface area contributed by atoms with Gasteiger partial charge in [0.15, 0.2) is 14.6 Å². The number of halogens is 1. The van der Waals surface area contributed by atoms with Crippen molar-refractivity contribution in [2.75, 3.05) is 5.32 Å². The summed E-state index contributed by atoms with van der Waals surface area (Å²) in [4.78, 5) is 27.2. The lowest BCUT2D eigenvalue weighted by Crippen LogP contribution is -2.47. The molecule has 142 valence electrons. The second-order valence-electron chi connectivity index (χ2n) is 6.26. The Balaban J connectivity index is 2.01. The Hall–Kier alpha value is -2.52.